The monoisotopic (exact) mass is 504 g/mol. The van der Waals surface area contributed by atoms with Crippen LogP contribution in [-0.4, -0.2) is 90.7 Å². The summed E-state index contributed by atoms with van der Waals surface area (Å²) in [7, 11) is 0. The summed E-state index contributed by atoms with van der Waals surface area (Å²) in [5.41, 5.74) is -0.183. The summed E-state index contributed by atoms with van der Waals surface area (Å²) < 4.78 is 12.4. The molecule has 0 aromatic carbocycles. The zero-order valence-corrected chi connectivity index (χ0v) is 24.3. The lowest BCUT2D eigenvalue weighted by molar-refractivity contribution is -0.934. The van der Waals surface area contributed by atoms with Gasteiger partial charge in [-0.3, -0.25) is 0 Å². The Hall–Kier alpha value is -0.240. The Morgan fingerprint density at radius 1 is 0.657 bits per heavy atom. The van der Waals surface area contributed by atoms with E-state index < -0.39 is 12.2 Å². The smallest absolute Gasteiger partial charge is 0.126 e. The van der Waals surface area contributed by atoms with Crippen molar-refractivity contribution in [2.45, 2.75) is 130 Å². The van der Waals surface area contributed by atoms with Crippen LogP contribution in [-0.2, 0) is 9.47 Å². The fourth-order valence-corrected chi connectivity index (χ4v) is 4.82. The maximum absolute atomic E-state index is 11.0. The van der Waals surface area contributed by atoms with Crippen LogP contribution in [0.25, 0.3) is 0 Å². The highest BCUT2D eigenvalue weighted by Gasteiger charge is 2.32. The van der Waals surface area contributed by atoms with Gasteiger partial charge in [0.15, 0.2) is 0 Å². The molecule has 0 heterocycles. The predicted octanol–water partition coefficient (Wildman–Crippen LogP) is 5.32. The second-order valence-corrected chi connectivity index (χ2v) is 11.7. The van der Waals surface area contributed by atoms with Crippen molar-refractivity contribution in [2.24, 2.45) is 5.41 Å². The average molecular weight is 505 g/mol. The number of quaternary nitrogens is 1. The molecule has 0 spiro atoms. The number of hydrogen-bond acceptors (Lipinski definition) is 5. The third kappa shape index (κ3) is 19.5. The molecule has 0 aromatic heterocycles. The molecule has 0 aromatic rings. The SMILES string of the molecule is CCCCCCCC[N+](CCCCCC)(CC(C)O)CC(O)COCC(C)(C)COCC(O)CC. The lowest BCUT2D eigenvalue weighted by atomic mass is 9.96. The molecule has 0 rings (SSSR count). The van der Waals surface area contributed by atoms with Gasteiger partial charge < -0.3 is 29.3 Å². The first-order valence-electron chi connectivity index (χ1n) is 14.6. The van der Waals surface area contributed by atoms with Gasteiger partial charge in [-0.2, -0.15) is 0 Å². The molecule has 3 N–H and O–H groups in total. The Morgan fingerprint density at radius 2 is 1.11 bits per heavy atom. The average Bonchev–Trinajstić information content (AvgIpc) is 2.78. The van der Waals surface area contributed by atoms with E-state index in [0.717, 1.165) is 30.4 Å². The molecule has 0 saturated carbocycles. The van der Waals surface area contributed by atoms with Crippen molar-refractivity contribution in [3.63, 3.8) is 0 Å². The fourth-order valence-electron chi connectivity index (χ4n) is 4.82. The fraction of sp³-hybridized carbons (Fsp3) is 1.00. The Balaban J connectivity index is 4.86. The highest BCUT2D eigenvalue weighted by atomic mass is 16.5. The van der Waals surface area contributed by atoms with Gasteiger partial charge in [0.2, 0.25) is 0 Å². The number of unbranched alkanes of at least 4 members (excludes halogenated alkanes) is 8. The zero-order valence-electron chi connectivity index (χ0n) is 24.3. The second-order valence-electron chi connectivity index (χ2n) is 11.7. The molecular formula is C29H62NO5+. The molecule has 0 bridgehead atoms. The van der Waals surface area contributed by atoms with Gasteiger partial charge in [-0.05, 0) is 39.0 Å². The molecule has 0 aliphatic heterocycles. The van der Waals surface area contributed by atoms with Crippen LogP contribution in [0.5, 0.6) is 0 Å². The minimum Gasteiger partial charge on any atom is -0.391 e. The van der Waals surface area contributed by atoms with E-state index in [1.165, 1.54) is 51.4 Å². The van der Waals surface area contributed by atoms with E-state index in [-0.39, 0.29) is 11.5 Å². The van der Waals surface area contributed by atoms with Gasteiger partial charge in [0.25, 0.3) is 0 Å². The molecular weight excluding hydrogens is 442 g/mol. The maximum atomic E-state index is 11.0. The van der Waals surface area contributed by atoms with E-state index in [4.69, 9.17) is 9.47 Å². The van der Waals surface area contributed by atoms with Crippen LogP contribution < -0.4 is 0 Å². The summed E-state index contributed by atoms with van der Waals surface area (Å²) in [6, 6.07) is 0. The lowest BCUT2D eigenvalue weighted by Crippen LogP contribution is -2.57. The van der Waals surface area contributed by atoms with Crippen molar-refractivity contribution >= 4 is 0 Å². The molecule has 0 aliphatic rings. The van der Waals surface area contributed by atoms with Crippen LogP contribution >= 0.6 is 0 Å². The van der Waals surface area contributed by atoms with Gasteiger partial charge >= 0.3 is 0 Å². The van der Waals surface area contributed by atoms with E-state index in [1.807, 2.05) is 13.8 Å². The van der Waals surface area contributed by atoms with E-state index in [0.29, 0.717) is 45.9 Å². The molecule has 6 nitrogen and oxygen atoms in total. The molecule has 6 heteroatoms. The Kier molecular flexibility index (Phi) is 20.6. The molecule has 35 heavy (non-hydrogen) atoms. The van der Waals surface area contributed by atoms with Crippen LogP contribution in [0.3, 0.4) is 0 Å². The number of ether oxygens (including phenoxy) is 2. The Morgan fingerprint density at radius 3 is 1.60 bits per heavy atom. The highest BCUT2D eigenvalue weighted by molar-refractivity contribution is 4.68. The summed E-state index contributed by atoms with van der Waals surface area (Å²) >= 11 is 0. The van der Waals surface area contributed by atoms with Crippen molar-refractivity contribution in [1.29, 1.82) is 0 Å². The topological polar surface area (TPSA) is 79.2 Å². The van der Waals surface area contributed by atoms with Crippen LogP contribution in [0.15, 0.2) is 0 Å². The summed E-state index contributed by atoms with van der Waals surface area (Å²) in [5.74, 6) is 0. The van der Waals surface area contributed by atoms with Gasteiger partial charge in [0.1, 0.15) is 25.3 Å². The Labute approximate surface area is 218 Å². The number of aliphatic hydroxyl groups excluding tert-OH is 3. The largest absolute Gasteiger partial charge is 0.391 e. The summed E-state index contributed by atoms with van der Waals surface area (Å²) in [5, 5.41) is 31.0. The number of aliphatic hydroxyl groups is 3. The summed E-state index contributed by atoms with van der Waals surface area (Å²) in [6.45, 7) is 17.5. The summed E-state index contributed by atoms with van der Waals surface area (Å²) in [6.07, 6.45) is 11.6. The highest BCUT2D eigenvalue weighted by Crippen LogP contribution is 2.19. The van der Waals surface area contributed by atoms with Crippen molar-refractivity contribution < 1.29 is 29.3 Å². The van der Waals surface area contributed by atoms with Gasteiger partial charge in [-0.25, -0.2) is 0 Å². The van der Waals surface area contributed by atoms with Crippen molar-refractivity contribution in [3.05, 3.63) is 0 Å². The molecule has 0 radical (unpaired) electrons. The van der Waals surface area contributed by atoms with Gasteiger partial charge in [0.05, 0.1) is 45.6 Å². The van der Waals surface area contributed by atoms with Gasteiger partial charge in [-0.15, -0.1) is 0 Å². The van der Waals surface area contributed by atoms with Crippen LogP contribution in [0.1, 0.15) is 112 Å². The molecule has 0 fully saturated rings. The maximum Gasteiger partial charge on any atom is 0.126 e. The third-order valence-electron chi connectivity index (χ3n) is 6.80. The van der Waals surface area contributed by atoms with Crippen molar-refractivity contribution in [3.8, 4) is 0 Å². The van der Waals surface area contributed by atoms with Crippen LogP contribution in [0, 0.1) is 5.41 Å². The number of nitrogens with zero attached hydrogens (tertiary/aromatic N) is 1. The molecule has 0 aliphatic carbocycles. The molecule has 4 atom stereocenters. The van der Waals surface area contributed by atoms with E-state index in [2.05, 4.69) is 27.7 Å². The van der Waals surface area contributed by atoms with Gasteiger partial charge in [-0.1, -0.05) is 73.1 Å². The lowest BCUT2D eigenvalue weighted by Gasteiger charge is -2.41. The minimum atomic E-state index is -0.557. The number of rotatable bonds is 25. The van der Waals surface area contributed by atoms with E-state index in [1.54, 1.807) is 0 Å². The van der Waals surface area contributed by atoms with Crippen LogP contribution in [0.2, 0.25) is 0 Å². The predicted molar refractivity (Wildman–Crippen MR) is 147 cm³/mol. The van der Waals surface area contributed by atoms with Crippen molar-refractivity contribution in [1.82, 2.24) is 0 Å². The second kappa shape index (κ2) is 20.8. The van der Waals surface area contributed by atoms with E-state index in [9.17, 15) is 15.3 Å². The minimum absolute atomic E-state index is 0.183. The van der Waals surface area contributed by atoms with Crippen molar-refractivity contribution in [2.75, 3.05) is 52.6 Å². The van der Waals surface area contributed by atoms with Crippen LogP contribution in [0.4, 0.5) is 0 Å². The molecule has 0 saturated heterocycles. The Bertz CT molecular complexity index is 474. The number of hydrogen-bond donors (Lipinski definition) is 3. The van der Waals surface area contributed by atoms with E-state index >= 15 is 0 Å². The molecule has 4 unspecified atom stereocenters. The first-order chi connectivity index (χ1) is 16.6. The third-order valence-corrected chi connectivity index (χ3v) is 6.80. The quantitative estimate of drug-likeness (QED) is 0.116. The summed E-state index contributed by atoms with van der Waals surface area (Å²) in [4.78, 5) is 0. The van der Waals surface area contributed by atoms with Gasteiger partial charge in [0, 0.05) is 5.41 Å². The normalized spacial score (nSPS) is 16.7. The first-order valence-corrected chi connectivity index (χ1v) is 14.6. The standard InChI is InChI=1S/C29H62NO5/c1-7-10-12-14-15-17-19-30(20-26(4)31,18-16-13-11-8-2)21-28(33)23-35-25-29(5,6)24-34-22-27(32)9-3/h26-28,31-33H,7-25H2,1-6H3/q+1. The first kappa shape index (κ1) is 34.8. The molecule has 212 valence electrons. The zero-order chi connectivity index (χ0) is 26.6. The molecule has 0 amide bonds.